The fourth-order valence-electron chi connectivity index (χ4n) is 2.78. The number of thiophene rings is 1. The van der Waals surface area contributed by atoms with E-state index in [4.69, 9.17) is 0 Å². The Morgan fingerprint density at radius 2 is 1.96 bits per heavy atom. The lowest BCUT2D eigenvalue weighted by molar-refractivity contribution is 0.102. The number of anilines is 1. The van der Waals surface area contributed by atoms with Gasteiger partial charge in [0, 0.05) is 22.5 Å². The van der Waals surface area contributed by atoms with Crippen molar-refractivity contribution in [1.29, 1.82) is 0 Å². The molecule has 9 heteroatoms. The summed E-state index contributed by atoms with van der Waals surface area (Å²) < 4.78 is 27.5. The van der Waals surface area contributed by atoms with Crippen LogP contribution >= 0.6 is 11.3 Å². The molecule has 1 saturated carbocycles. The van der Waals surface area contributed by atoms with E-state index in [1.807, 2.05) is 19.1 Å². The Kier molecular flexibility index (Phi) is 4.82. The minimum Gasteiger partial charge on any atom is -0.305 e. The number of nitrogens with zero attached hydrogens (tertiary/aromatic N) is 1. The molecule has 0 bridgehead atoms. The Labute approximate surface area is 167 Å². The van der Waals surface area contributed by atoms with Gasteiger partial charge < -0.3 is 5.32 Å². The molecule has 0 spiro atoms. The van der Waals surface area contributed by atoms with Gasteiger partial charge in [-0.1, -0.05) is 6.07 Å². The second-order valence-electron chi connectivity index (χ2n) is 6.90. The predicted molar refractivity (Wildman–Crippen MR) is 109 cm³/mol. The Hall–Kier alpha value is -2.49. The lowest BCUT2D eigenvalue weighted by Crippen LogP contribution is -2.26. The monoisotopic (exact) mass is 416 g/mol. The van der Waals surface area contributed by atoms with Gasteiger partial charge >= 0.3 is 0 Å². The lowest BCUT2D eigenvalue weighted by Gasteiger charge is -2.10. The molecule has 0 aliphatic heterocycles. The molecule has 3 N–H and O–H groups in total. The number of amides is 1. The number of nitrogens with one attached hydrogen (secondary N) is 3. The van der Waals surface area contributed by atoms with Crippen LogP contribution in [-0.2, 0) is 10.0 Å². The summed E-state index contributed by atoms with van der Waals surface area (Å²) in [7, 11) is -3.62. The molecule has 0 saturated heterocycles. The van der Waals surface area contributed by atoms with Gasteiger partial charge in [-0.05, 0) is 56.5 Å². The van der Waals surface area contributed by atoms with Crippen LogP contribution in [0.25, 0.3) is 10.6 Å². The zero-order valence-corrected chi connectivity index (χ0v) is 17.1. The number of benzene rings is 1. The van der Waals surface area contributed by atoms with E-state index in [0.717, 1.165) is 23.4 Å². The van der Waals surface area contributed by atoms with Crippen molar-refractivity contribution in [3.63, 3.8) is 0 Å². The SMILES string of the molecule is Cc1ccc(-c2cc(NC(=O)c3cc(S(=O)(=O)NC4CC4)ccc3C)n[nH]2)s1. The number of aromatic nitrogens is 2. The number of hydrogen-bond donors (Lipinski definition) is 3. The third kappa shape index (κ3) is 4.01. The zero-order chi connectivity index (χ0) is 19.9. The molecule has 0 unspecified atom stereocenters. The topological polar surface area (TPSA) is 104 Å². The van der Waals surface area contributed by atoms with E-state index in [1.165, 1.54) is 17.0 Å². The Morgan fingerprint density at radius 3 is 2.64 bits per heavy atom. The normalized spacial score (nSPS) is 14.2. The van der Waals surface area contributed by atoms with Gasteiger partial charge in [-0.15, -0.1) is 11.3 Å². The molecule has 1 fully saturated rings. The van der Waals surface area contributed by atoms with Gasteiger partial charge in [0.05, 0.1) is 15.5 Å². The second-order valence-corrected chi connectivity index (χ2v) is 9.91. The third-order valence-corrected chi connectivity index (χ3v) is 7.04. The first kappa shape index (κ1) is 18.9. The number of aromatic amines is 1. The third-order valence-electron chi connectivity index (χ3n) is 4.49. The Morgan fingerprint density at radius 1 is 1.18 bits per heavy atom. The van der Waals surface area contributed by atoms with Crippen LogP contribution in [0.1, 0.15) is 33.6 Å². The van der Waals surface area contributed by atoms with Crippen LogP contribution < -0.4 is 10.0 Å². The minimum absolute atomic E-state index is 0.00643. The number of H-pyrrole nitrogens is 1. The molecule has 2 aromatic heterocycles. The molecule has 146 valence electrons. The van der Waals surface area contributed by atoms with E-state index >= 15 is 0 Å². The van der Waals surface area contributed by atoms with Crippen molar-refractivity contribution in [3.05, 3.63) is 52.4 Å². The van der Waals surface area contributed by atoms with Crippen molar-refractivity contribution in [2.24, 2.45) is 0 Å². The standard InChI is InChI=1S/C19H20N4O3S2/c1-11-3-7-14(28(25,26)23-13-5-6-13)9-15(11)19(24)20-18-10-16(21-22-18)17-8-4-12(2)27-17/h3-4,7-10,13,23H,5-6H2,1-2H3,(H2,20,21,22,24). The highest BCUT2D eigenvalue weighted by atomic mass is 32.2. The molecular weight excluding hydrogens is 396 g/mol. The van der Waals surface area contributed by atoms with E-state index in [-0.39, 0.29) is 10.9 Å². The van der Waals surface area contributed by atoms with E-state index < -0.39 is 15.9 Å². The summed E-state index contributed by atoms with van der Waals surface area (Å²) in [5.74, 6) is -0.0174. The van der Waals surface area contributed by atoms with Crippen LogP contribution in [-0.4, -0.2) is 30.6 Å². The number of aryl methyl sites for hydroxylation is 2. The highest BCUT2D eigenvalue weighted by Gasteiger charge is 2.28. The van der Waals surface area contributed by atoms with Gasteiger partial charge in [-0.25, -0.2) is 13.1 Å². The average molecular weight is 417 g/mol. The summed E-state index contributed by atoms with van der Waals surface area (Å²) >= 11 is 1.63. The number of rotatable bonds is 6. The summed E-state index contributed by atoms with van der Waals surface area (Å²) in [5, 5.41) is 9.78. The van der Waals surface area contributed by atoms with E-state index in [9.17, 15) is 13.2 Å². The number of carbonyl (C=O) groups is 1. The van der Waals surface area contributed by atoms with Crippen LogP contribution in [0.5, 0.6) is 0 Å². The smallest absolute Gasteiger partial charge is 0.257 e. The molecule has 1 amide bonds. The van der Waals surface area contributed by atoms with Gasteiger partial charge in [0.25, 0.3) is 5.91 Å². The molecular formula is C19H20N4O3S2. The van der Waals surface area contributed by atoms with E-state index in [0.29, 0.717) is 16.9 Å². The highest BCUT2D eigenvalue weighted by molar-refractivity contribution is 7.89. The van der Waals surface area contributed by atoms with Crippen molar-refractivity contribution in [2.75, 3.05) is 5.32 Å². The zero-order valence-electron chi connectivity index (χ0n) is 15.4. The summed E-state index contributed by atoms with van der Waals surface area (Å²) in [6.45, 7) is 3.79. The molecule has 28 heavy (non-hydrogen) atoms. The summed E-state index contributed by atoms with van der Waals surface area (Å²) in [6.07, 6.45) is 1.70. The maximum Gasteiger partial charge on any atom is 0.257 e. The summed E-state index contributed by atoms with van der Waals surface area (Å²) in [6, 6.07) is 10.3. The van der Waals surface area contributed by atoms with Crippen LogP contribution in [0.15, 0.2) is 41.3 Å². The van der Waals surface area contributed by atoms with Crippen LogP contribution in [0.4, 0.5) is 5.82 Å². The van der Waals surface area contributed by atoms with Crippen molar-refractivity contribution in [2.45, 2.75) is 37.6 Å². The lowest BCUT2D eigenvalue weighted by atomic mass is 10.1. The van der Waals surface area contributed by atoms with Crippen molar-refractivity contribution in [3.8, 4) is 10.6 Å². The molecule has 1 aliphatic carbocycles. The molecule has 4 rings (SSSR count). The van der Waals surface area contributed by atoms with Gasteiger partial charge in [0.15, 0.2) is 5.82 Å². The van der Waals surface area contributed by atoms with Crippen LogP contribution in [0.3, 0.4) is 0 Å². The minimum atomic E-state index is -3.62. The molecule has 3 aromatic rings. The van der Waals surface area contributed by atoms with Crippen molar-refractivity contribution >= 4 is 33.1 Å². The Balaban J connectivity index is 1.55. The second kappa shape index (κ2) is 7.16. The quantitative estimate of drug-likeness (QED) is 0.572. The molecule has 7 nitrogen and oxygen atoms in total. The first-order valence-corrected chi connectivity index (χ1v) is 11.2. The molecule has 1 aromatic carbocycles. The first-order valence-electron chi connectivity index (χ1n) is 8.88. The maximum atomic E-state index is 12.7. The fourth-order valence-corrected chi connectivity index (χ4v) is 4.94. The number of hydrogen-bond acceptors (Lipinski definition) is 5. The first-order chi connectivity index (χ1) is 13.3. The van der Waals surface area contributed by atoms with Crippen LogP contribution in [0, 0.1) is 13.8 Å². The largest absolute Gasteiger partial charge is 0.305 e. The molecule has 0 atom stereocenters. The Bertz CT molecular complexity index is 1140. The molecule has 0 radical (unpaired) electrons. The van der Waals surface area contributed by atoms with E-state index in [2.05, 4.69) is 20.2 Å². The van der Waals surface area contributed by atoms with Gasteiger partial charge in [0.2, 0.25) is 10.0 Å². The van der Waals surface area contributed by atoms with Gasteiger partial charge in [-0.2, -0.15) is 5.10 Å². The predicted octanol–water partition coefficient (Wildman–Crippen LogP) is 3.45. The maximum absolute atomic E-state index is 12.7. The fraction of sp³-hybridized carbons (Fsp3) is 0.263. The van der Waals surface area contributed by atoms with E-state index in [1.54, 1.807) is 30.4 Å². The molecule has 1 aliphatic rings. The molecule has 2 heterocycles. The van der Waals surface area contributed by atoms with Gasteiger partial charge in [0.1, 0.15) is 0 Å². The van der Waals surface area contributed by atoms with Crippen molar-refractivity contribution in [1.82, 2.24) is 14.9 Å². The summed E-state index contributed by atoms with van der Waals surface area (Å²) in [5.41, 5.74) is 1.80. The van der Waals surface area contributed by atoms with Gasteiger partial charge in [-0.3, -0.25) is 9.89 Å². The average Bonchev–Trinajstić information content (AvgIpc) is 3.14. The number of carbonyl (C=O) groups excluding carboxylic acids is 1. The highest BCUT2D eigenvalue weighted by Crippen LogP contribution is 2.28. The van der Waals surface area contributed by atoms with Crippen molar-refractivity contribution < 1.29 is 13.2 Å². The number of sulfonamides is 1. The van der Waals surface area contributed by atoms with Crippen LogP contribution in [0.2, 0.25) is 0 Å². The summed E-state index contributed by atoms with van der Waals surface area (Å²) in [4.78, 5) is 15.0.